The lowest BCUT2D eigenvalue weighted by molar-refractivity contribution is 0.202. The maximum absolute atomic E-state index is 12.8. The molecule has 34 heavy (non-hydrogen) atoms. The van der Waals surface area contributed by atoms with Crippen molar-refractivity contribution in [2.24, 2.45) is 0 Å². The number of nitrogens with one attached hydrogen (secondary N) is 1. The number of nitrogens with zero attached hydrogens (tertiary/aromatic N) is 3. The number of aromatic nitrogens is 2. The monoisotopic (exact) mass is 480 g/mol. The molecule has 1 N–H and O–H groups in total. The molecule has 2 aromatic carbocycles. The minimum absolute atomic E-state index is 0.126. The van der Waals surface area contributed by atoms with E-state index in [9.17, 15) is 8.42 Å². The van der Waals surface area contributed by atoms with Gasteiger partial charge in [0.1, 0.15) is 0 Å². The fourth-order valence-electron chi connectivity index (χ4n) is 4.94. The second-order valence-electron chi connectivity index (χ2n) is 9.20. The fourth-order valence-corrected chi connectivity index (χ4v) is 6.05. The first-order valence-electron chi connectivity index (χ1n) is 12.3. The van der Waals surface area contributed by atoms with E-state index in [1.165, 1.54) is 11.3 Å². The van der Waals surface area contributed by atoms with Crippen LogP contribution in [0.25, 0.3) is 0 Å². The lowest BCUT2D eigenvalue weighted by Gasteiger charge is -2.33. The van der Waals surface area contributed by atoms with E-state index in [1.54, 1.807) is 24.3 Å². The van der Waals surface area contributed by atoms with Crippen LogP contribution in [0.2, 0.25) is 0 Å². The van der Waals surface area contributed by atoms with Crippen molar-refractivity contribution in [2.75, 3.05) is 26.2 Å². The van der Waals surface area contributed by atoms with E-state index < -0.39 is 10.0 Å². The Morgan fingerprint density at radius 1 is 1.03 bits per heavy atom. The third-order valence-corrected chi connectivity index (χ3v) is 8.32. The second kappa shape index (κ2) is 11.3. The molecule has 1 atom stereocenters. The quantitative estimate of drug-likeness (QED) is 0.463. The van der Waals surface area contributed by atoms with Gasteiger partial charge < -0.3 is 4.90 Å². The molecule has 182 valence electrons. The molecule has 1 fully saturated rings. The number of piperidine rings is 1. The van der Waals surface area contributed by atoms with Crippen LogP contribution in [-0.2, 0) is 16.6 Å². The number of likely N-dealkylation sites (tertiary alicyclic amines) is 1. The molecule has 1 unspecified atom stereocenters. The number of sulfonamides is 1. The summed E-state index contributed by atoms with van der Waals surface area (Å²) in [6.07, 6.45) is 3.20. The smallest absolute Gasteiger partial charge is 0.240 e. The van der Waals surface area contributed by atoms with Crippen molar-refractivity contribution in [3.05, 3.63) is 83.7 Å². The van der Waals surface area contributed by atoms with Gasteiger partial charge in [-0.25, -0.2) is 13.1 Å². The predicted octanol–water partition coefficient (Wildman–Crippen LogP) is 4.54. The molecular weight excluding hydrogens is 444 g/mol. The topological polar surface area (TPSA) is 67.2 Å². The van der Waals surface area contributed by atoms with Crippen LogP contribution in [0, 0.1) is 6.92 Å². The number of aryl methyl sites for hydroxylation is 2. The van der Waals surface area contributed by atoms with Crippen LogP contribution in [-0.4, -0.2) is 49.3 Å². The Morgan fingerprint density at radius 2 is 1.68 bits per heavy atom. The van der Waals surface area contributed by atoms with Gasteiger partial charge >= 0.3 is 0 Å². The highest BCUT2D eigenvalue weighted by Gasteiger charge is 2.25. The minimum Gasteiger partial charge on any atom is -0.303 e. The van der Waals surface area contributed by atoms with Crippen molar-refractivity contribution in [1.29, 1.82) is 0 Å². The largest absolute Gasteiger partial charge is 0.303 e. The molecular formula is C27H36N4O2S. The number of benzene rings is 2. The van der Waals surface area contributed by atoms with Gasteiger partial charge in [0.05, 0.1) is 10.6 Å². The highest BCUT2D eigenvalue weighted by Crippen LogP contribution is 2.29. The molecule has 0 aliphatic carbocycles. The molecule has 1 saturated heterocycles. The summed E-state index contributed by atoms with van der Waals surface area (Å²) in [5.41, 5.74) is 3.65. The van der Waals surface area contributed by atoms with E-state index in [1.807, 2.05) is 24.3 Å². The maximum atomic E-state index is 12.8. The van der Waals surface area contributed by atoms with Crippen LogP contribution in [0.4, 0.5) is 0 Å². The Hall–Kier alpha value is -2.48. The Bertz CT molecular complexity index is 1140. The van der Waals surface area contributed by atoms with Crippen LogP contribution in [0.15, 0.2) is 71.6 Å². The zero-order chi connectivity index (χ0) is 24.0. The third-order valence-electron chi connectivity index (χ3n) is 6.88. The first-order valence-corrected chi connectivity index (χ1v) is 13.8. The highest BCUT2D eigenvalue weighted by atomic mass is 32.2. The van der Waals surface area contributed by atoms with Gasteiger partial charge in [0, 0.05) is 24.7 Å². The highest BCUT2D eigenvalue weighted by molar-refractivity contribution is 7.89. The van der Waals surface area contributed by atoms with E-state index in [0.717, 1.165) is 51.1 Å². The summed E-state index contributed by atoms with van der Waals surface area (Å²) in [6, 6.07) is 21.1. The Kier molecular flexibility index (Phi) is 8.19. The molecule has 4 rings (SSSR count). The summed E-state index contributed by atoms with van der Waals surface area (Å²) in [5.74, 6) is 0.696. The predicted molar refractivity (Wildman–Crippen MR) is 136 cm³/mol. The first kappa shape index (κ1) is 24.6. The van der Waals surface area contributed by atoms with Gasteiger partial charge in [-0.15, -0.1) is 0 Å². The molecule has 1 aliphatic heterocycles. The maximum Gasteiger partial charge on any atom is 0.240 e. The second-order valence-corrected chi connectivity index (χ2v) is 11.0. The summed E-state index contributed by atoms with van der Waals surface area (Å²) in [7, 11) is -3.52. The minimum atomic E-state index is -3.52. The number of rotatable bonds is 10. The zero-order valence-electron chi connectivity index (χ0n) is 20.2. The van der Waals surface area contributed by atoms with Gasteiger partial charge in [0.25, 0.3) is 0 Å². The van der Waals surface area contributed by atoms with Gasteiger partial charge in [-0.2, -0.15) is 5.10 Å². The normalized spacial score (nSPS) is 16.5. The summed E-state index contributed by atoms with van der Waals surface area (Å²) in [4.78, 5) is 2.84. The molecule has 7 heteroatoms. The molecule has 0 amide bonds. The SMILES string of the molecule is CCn1nc(C)cc1C1CCN(CCC(CNS(=O)(=O)c2ccccc2)c2ccccc2)CC1. The number of hydrogen-bond donors (Lipinski definition) is 1. The van der Waals surface area contributed by atoms with Crippen LogP contribution < -0.4 is 4.72 Å². The van der Waals surface area contributed by atoms with Crippen LogP contribution in [0.3, 0.4) is 0 Å². The van der Waals surface area contributed by atoms with Crippen LogP contribution >= 0.6 is 0 Å². The van der Waals surface area contributed by atoms with Gasteiger partial charge in [-0.1, -0.05) is 48.5 Å². The summed E-state index contributed by atoms with van der Waals surface area (Å²) >= 11 is 0. The van der Waals surface area contributed by atoms with Gasteiger partial charge in [-0.05, 0) is 82.4 Å². The molecule has 6 nitrogen and oxygen atoms in total. The summed E-state index contributed by atoms with van der Waals surface area (Å²) < 4.78 is 30.5. The van der Waals surface area contributed by atoms with Crippen molar-refractivity contribution >= 4 is 10.0 Å². The van der Waals surface area contributed by atoms with E-state index >= 15 is 0 Å². The van der Waals surface area contributed by atoms with Crippen molar-refractivity contribution in [2.45, 2.75) is 56.4 Å². The average Bonchev–Trinajstić information content (AvgIpc) is 3.26. The van der Waals surface area contributed by atoms with Crippen LogP contribution in [0.1, 0.15) is 55.0 Å². The molecule has 2 heterocycles. The third kappa shape index (κ3) is 6.14. The molecule has 3 aromatic rings. The van der Waals surface area contributed by atoms with Gasteiger partial charge in [0.15, 0.2) is 0 Å². The van der Waals surface area contributed by atoms with Gasteiger partial charge in [0.2, 0.25) is 10.0 Å². The number of hydrogen-bond acceptors (Lipinski definition) is 4. The Labute approximate surface area is 204 Å². The molecule has 0 bridgehead atoms. The first-order chi connectivity index (χ1) is 16.5. The van der Waals surface area contributed by atoms with E-state index in [0.29, 0.717) is 17.4 Å². The Morgan fingerprint density at radius 3 is 2.32 bits per heavy atom. The van der Waals surface area contributed by atoms with Crippen LogP contribution in [0.5, 0.6) is 0 Å². The van der Waals surface area contributed by atoms with Crippen molar-refractivity contribution in [3.8, 4) is 0 Å². The summed E-state index contributed by atoms with van der Waals surface area (Å²) in [5, 5.41) is 4.63. The van der Waals surface area contributed by atoms with E-state index in [4.69, 9.17) is 0 Å². The Balaban J connectivity index is 1.35. The lowest BCUT2D eigenvalue weighted by atomic mass is 9.91. The van der Waals surface area contributed by atoms with Crippen molar-refractivity contribution in [3.63, 3.8) is 0 Å². The van der Waals surface area contributed by atoms with E-state index in [2.05, 4.69) is 51.4 Å². The fraction of sp³-hybridized carbons (Fsp3) is 0.444. The van der Waals surface area contributed by atoms with Crippen molar-refractivity contribution in [1.82, 2.24) is 19.4 Å². The molecule has 0 saturated carbocycles. The van der Waals surface area contributed by atoms with Gasteiger partial charge in [-0.3, -0.25) is 4.68 Å². The molecule has 0 radical (unpaired) electrons. The van der Waals surface area contributed by atoms with Crippen molar-refractivity contribution < 1.29 is 8.42 Å². The van der Waals surface area contributed by atoms with E-state index in [-0.39, 0.29) is 5.92 Å². The molecule has 0 spiro atoms. The standard InChI is InChI=1S/C27H36N4O2S/c1-3-31-27(20-22(2)29-31)24-14-17-30(18-15-24)19-16-25(23-10-6-4-7-11-23)21-28-34(32,33)26-12-8-5-9-13-26/h4-13,20,24-25,28H,3,14-19,21H2,1-2H3. The lowest BCUT2D eigenvalue weighted by Crippen LogP contribution is -2.36. The zero-order valence-corrected chi connectivity index (χ0v) is 21.0. The molecule has 1 aromatic heterocycles. The molecule has 1 aliphatic rings. The average molecular weight is 481 g/mol. The summed E-state index contributed by atoms with van der Waals surface area (Å²) in [6.45, 7) is 8.63.